The Labute approximate surface area is 116 Å². The Morgan fingerprint density at radius 2 is 1.89 bits per heavy atom. The van der Waals surface area contributed by atoms with E-state index in [4.69, 9.17) is 27.9 Å². The van der Waals surface area contributed by atoms with Crippen LogP contribution >= 0.6 is 23.2 Å². The van der Waals surface area contributed by atoms with Crippen molar-refractivity contribution in [1.82, 2.24) is 4.98 Å². The summed E-state index contributed by atoms with van der Waals surface area (Å²) in [6.45, 7) is 0.424. The van der Waals surface area contributed by atoms with E-state index in [0.29, 0.717) is 22.4 Å². The first-order valence-corrected chi connectivity index (χ1v) is 6.14. The van der Waals surface area contributed by atoms with Crippen LogP contribution in [-0.2, 0) is 6.61 Å². The standard InChI is InChI=1S/C13H12Cl2N2O/c1-16-13-3-2-9(7-17-13)8-18-12-5-10(14)4-11(15)6-12/h2-7H,8H2,1H3,(H,16,17). The number of hydrogen-bond acceptors (Lipinski definition) is 3. The summed E-state index contributed by atoms with van der Waals surface area (Å²) in [5.41, 5.74) is 0.977. The number of nitrogens with zero attached hydrogens (tertiary/aromatic N) is 1. The van der Waals surface area contributed by atoms with E-state index in [1.54, 1.807) is 24.4 Å². The van der Waals surface area contributed by atoms with Gasteiger partial charge in [-0.3, -0.25) is 0 Å². The second-order valence-corrected chi connectivity index (χ2v) is 4.57. The zero-order valence-electron chi connectivity index (χ0n) is 9.78. The van der Waals surface area contributed by atoms with E-state index in [2.05, 4.69) is 10.3 Å². The van der Waals surface area contributed by atoms with E-state index in [9.17, 15) is 0 Å². The molecule has 1 N–H and O–H groups in total. The van der Waals surface area contributed by atoms with Gasteiger partial charge in [0.2, 0.25) is 0 Å². The molecule has 0 atom stereocenters. The van der Waals surface area contributed by atoms with Gasteiger partial charge in [-0.05, 0) is 24.3 Å². The highest BCUT2D eigenvalue weighted by molar-refractivity contribution is 6.34. The predicted molar refractivity (Wildman–Crippen MR) is 74.6 cm³/mol. The molecule has 0 fully saturated rings. The Bertz CT molecular complexity index is 509. The second-order valence-electron chi connectivity index (χ2n) is 3.70. The molecule has 0 aliphatic heterocycles. The number of pyridine rings is 1. The molecule has 18 heavy (non-hydrogen) atoms. The largest absolute Gasteiger partial charge is 0.489 e. The average Bonchev–Trinajstić information content (AvgIpc) is 2.36. The Morgan fingerprint density at radius 1 is 1.17 bits per heavy atom. The van der Waals surface area contributed by atoms with Crippen LogP contribution in [0.4, 0.5) is 5.82 Å². The van der Waals surface area contributed by atoms with E-state index >= 15 is 0 Å². The second kappa shape index (κ2) is 5.94. The van der Waals surface area contributed by atoms with Crippen molar-refractivity contribution < 1.29 is 4.74 Å². The van der Waals surface area contributed by atoms with Crippen molar-refractivity contribution >= 4 is 29.0 Å². The van der Waals surface area contributed by atoms with Crippen molar-refractivity contribution in [1.29, 1.82) is 0 Å². The summed E-state index contributed by atoms with van der Waals surface area (Å²) in [7, 11) is 1.83. The van der Waals surface area contributed by atoms with Gasteiger partial charge in [0.25, 0.3) is 0 Å². The molecular formula is C13H12Cl2N2O. The monoisotopic (exact) mass is 282 g/mol. The lowest BCUT2D eigenvalue weighted by Gasteiger charge is -2.07. The van der Waals surface area contributed by atoms with Crippen LogP contribution in [0.3, 0.4) is 0 Å². The summed E-state index contributed by atoms with van der Waals surface area (Å²) in [5, 5.41) is 4.07. The van der Waals surface area contributed by atoms with Crippen molar-refractivity contribution in [2.75, 3.05) is 12.4 Å². The number of anilines is 1. The quantitative estimate of drug-likeness (QED) is 0.920. The normalized spacial score (nSPS) is 10.2. The summed E-state index contributed by atoms with van der Waals surface area (Å²) in [6.07, 6.45) is 1.76. The molecule has 3 nitrogen and oxygen atoms in total. The van der Waals surface area contributed by atoms with Crippen molar-refractivity contribution in [3.63, 3.8) is 0 Å². The highest BCUT2D eigenvalue weighted by Crippen LogP contribution is 2.24. The van der Waals surface area contributed by atoms with E-state index in [0.717, 1.165) is 11.4 Å². The van der Waals surface area contributed by atoms with E-state index in [1.165, 1.54) is 0 Å². The third kappa shape index (κ3) is 3.52. The van der Waals surface area contributed by atoms with Gasteiger partial charge in [0.05, 0.1) is 0 Å². The smallest absolute Gasteiger partial charge is 0.125 e. The summed E-state index contributed by atoms with van der Waals surface area (Å²) >= 11 is 11.8. The molecule has 0 radical (unpaired) electrons. The number of nitrogens with one attached hydrogen (secondary N) is 1. The van der Waals surface area contributed by atoms with Gasteiger partial charge < -0.3 is 10.1 Å². The molecule has 0 unspecified atom stereocenters. The van der Waals surface area contributed by atoms with Crippen LogP contribution in [0.1, 0.15) is 5.56 Å². The van der Waals surface area contributed by atoms with Gasteiger partial charge in [-0.2, -0.15) is 0 Å². The highest BCUT2D eigenvalue weighted by atomic mass is 35.5. The Kier molecular flexibility index (Phi) is 4.28. The number of rotatable bonds is 4. The molecule has 0 saturated heterocycles. The molecule has 1 heterocycles. The van der Waals surface area contributed by atoms with E-state index in [1.807, 2.05) is 19.2 Å². The average molecular weight is 283 g/mol. The number of ether oxygens (including phenoxy) is 1. The lowest BCUT2D eigenvalue weighted by molar-refractivity contribution is 0.306. The lowest BCUT2D eigenvalue weighted by atomic mass is 10.3. The number of halogens is 2. The molecule has 1 aromatic carbocycles. The fraction of sp³-hybridized carbons (Fsp3) is 0.154. The molecule has 5 heteroatoms. The van der Waals surface area contributed by atoms with Gasteiger partial charge in [0.1, 0.15) is 18.2 Å². The van der Waals surface area contributed by atoms with Crippen molar-refractivity contribution in [3.8, 4) is 5.75 Å². The Hall–Kier alpha value is -1.45. The van der Waals surface area contributed by atoms with Crippen LogP contribution in [0.25, 0.3) is 0 Å². The van der Waals surface area contributed by atoms with Crippen molar-refractivity contribution in [2.24, 2.45) is 0 Å². The number of benzene rings is 1. The van der Waals surface area contributed by atoms with Crippen LogP contribution in [0.15, 0.2) is 36.5 Å². The fourth-order valence-corrected chi connectivity index (χ4v) is 1.94. The van der Waals surface area contributed by atoms with Gasteiger partial charge in [-0.15, -0.1) is 0 Å². The first-order chi connectivity index (χ1) is 8.67. The molecule has 0 aliphatic carbocycles. The molecular weight excluding hydrogens is 271 g/mol. The van der Waals surface area contributed by atoms with E-state index in [-0.39, 0.29) is 0 Å². The zero-order valence-corrected chi connectivity index (χ0v) is 11.3. The Morgan fingerprint density at radius 3 is 2.44 bits per heavy atom. The van der Waals surface area contributed by atoms with E-state index < -0.39 is 0 Å². The molecule has 0 saturated carbocycles. The minimum atomic E-state index is 0.424. The molecule has 0 aliphatic rings. The first-order valence-electron chi connectivity index (χ1n) is 5.39. The maximum Gasteiger partial charge on any atom is 0.125 e. The van der Waals surface area contributed by atoms with Gasteiger partial charge in [0.15, 0.2) is 0 Å². The summed E-state index contributed by atoms with van der Waals surface area (Å²) in [4.78, 5) is 4.20. The molecule has 1 aromatic heterocycles. The summed E-state index contributed by atoms with van der Waals surface area (Å²) in [6, 6.07) is 8.96. The van der Waals surface area contributed by atoms with Gasteiger partial charge >= 0.3 is 0 Å². The van der Waals surface area contributed by atoms with Crippen LogP contribution in [0.5, 0.6) is 5.75 Å². The Balaban J connectivity index is 2.01. The minimum Gasteiger partial charge on any atom is -0.489 e. The predicted octanol–water partition coefficient (Wildman–Crippen LogP) is 4.01. The maximum atomic E-state index is 5.89. The maximum absolute atomic E-state index is 5.89. The van der Waals surface area contributed by atoms with Crippen LogP contribution in [0, 0.1) is 0 Å². The fourth-order valence-electron chi connectivity index (χ4n) is 1.44. The molecule has 2 rings (SSSR count). The van der Waals surface area contributed by atoms with Gasteiger partial charge in [-0.1, -0.05) is 29.3 Å². The van der Waals surface area contributed by atoms with Crippen molar-refractivity contribution in [2.45, 2.75) is 6.61 Å². The molecule has 94 valence electrons. The van der Waals surface area contributed by atoms with Gasteiger partial charge in [-0.25, -0.2) is 4.98 Å². The molecule has 0 bridgehead atoms. The minimum absolute atomic E-state index is 0.424. The third-order valence-electron chi connectivity index (χ3n) is 2.32. The molecule has 0 amide bonds. The zero-order chi connectivity index (χ0) is 13.0. The van der Waals surface area contributed by atoms with Crippen LogP contribution in [-0.4, -0.2) is 12.0 Å². The SMILES string of the molecule is CNc1ccc(COc2cc(Cl)cc(Cl)c2)cn1. The lowest BCUT2D eigenvalue weighted by Crippen LogP contribution is -1.98. The molecule has 0 spiro atoms. The number of aromatic nitrogens is 1. The highest BCUT2D eigenvalue weighted by Gasteiger charge is 2.00. The molecule has 2 aromatic rings. The summed E-state index contributed by atoms with van der Waals surface area (Å²) in [5.74, 6) is 1.47. The summed E-state index contributed by atoms with van der Waals surface area (Å²) < 4.78 is 5.60. The topological polar surface area (TPSA) is 34.1 Å². The van der Waals surface area contributed by atoms with Crippen LogP contribution < -0.4 is 10.1 Å². The van der Waals surface area contributed by atoms with Crippen molar-refractivity contribution in [3.05, 3.63) is 52.1 Å². The van der Waals surface area contributed by atoms with Crippen LogP contribution in [0.2, 0.25) is 10.0 Å². The third-order valence-corrected chi connectivity index (χ3v) is 2.76. The van der Waals surface area contributed by atoms with Gasteiger partial charge in [0, 0.05) is 28.9 Å². The first kappa shape index (κ1) is 13.0. The number of hydrogen-bond donors (Lipinski definition) is 1.